The SMILES string of the molecule is CN1CCC(CNC(=O)CC2(CN)CCC2)CC1. The van der Waals surface area contributed by atoms with Gasteiger partial charge in [0.2, 0.25) is 5.91 Å². The molecular weight excluding hydrogens is 226 g/mol. The molecule has 2 fully saturated rings. The van der Waals surface area contributed by atoms with Gasteiger partial charge in [0.15, 0.2) is 0 Å². The van der Waals surface area contributed by atoms with Crippen LogP contribution < -0.4 is 11.1 Å². The molecule has 1 aliphatic heterocycles. The van der Waals surface area contributed by atoms with Crippen molar-refractivity contribution in [2.24, 2.45) is 17.1 Å². The van der Waals surface area contributed by atoms with Crippen LogP contribution in [-0.2, 0) is 4.79 Å². The third kappa shape index (κ3) is 3.45. The number of rotatable bonds is 5. The maximum Gasteiger partial charge on any atom is 0.220 e. The number of carbonyl (C=O) groups excluding carboxylic acids is 1. The molecule has 1 amide bonds. The first kappa shape index (κ1) is 13.8. The van der Waals surface area contributed by atoms with Crippen molar-refractivity contribution in [1.29, 1.82) is 0 Å². The zero-order valence-corrected chi connectivity index (χ0v) is 11.6. The fraction of sp³-hybridized carbons (Fsp3) is 0.929. The minimum atomic E-state index is 0.136. The van der Waals surface area contributed by atoms with Gasteiger partial charge in [0.05, 0.1) is 0 Å². The molecule has 3 N–H and O–H groups in total. The summed E-state index contributed by atoms with van der Waals surface area (Å²) in [4.78, 5) is 14.3. The van der Waals surface area contributed by atoms with Crippen LogP contribution in [-0.4, -0.2) is 44.0 Å². The molecule has 18 heavy (non-hydrogen) atoms. The fourth-order valence-corrected chi connectivity index (χ4v) is 3.06. The monoisotopic (exact) mass is 253 g/mol. The van der Waals surface area contributed by atoms with E-state index in [0.29, 0.717) is 18.9 Å². The molecule has 4 nitrogen and oxygen atoms in total. The second-order valence-corrected chi connectivity index (χ2v) is 6.29. The summed E-state index contributed by atoms with van der Waals surface area (Å²) in [5.41, 5.74) is 5.92. The van der Waals surface area contributed by atoms with Crippen LogP contribution in [0, 0.1) is 11.3 Å². The molecule has 2 rings (SSSR count). The lowest BCUT2D eigenvalue weighted by atomic mass is 9.66. The first-order valence-corrected chi connectivity index (χ1v) is 7.29. The Labute approximate surface area is 110 Å². The van der Waals surface area contributed by atoms with Crippen molar-refractivity contribution in [2.75, 3.05) is 33.2 Å². The minimum Gasteiger partial charge on any atom is -0.356 e. The van der Waals surface area contributed by atoms with E-state index < -0.39 is 0 Å². The summed E-state index contributed by atoms with van der Waals surface area (Å²) < 4.78 is 0. The molecule has 2 aliphatic rings. The molecule has 4 heteroatoms. The van der Waals surface area contributed by atoms with Gasteiger partial charge in [0, 0.05) is 13.0 Å². The van der Waals surface area contributed by atoms with E-state index in [1.807, 2.05) is 0 Å². The van der Waals surface area contributed by atoms with Crippen molar-refractivity contribution in [1.82, 2.24) is 10.2 Å². The van der Waals surface area contributed by atoms with E-state index in [0.717, 1.165) is 32.5 Å². The Balaban J connectivity index is 1.65. The molecule has 0 radical (unpaired) electrons. The van der Waals surface area contributed by atoms with Gasteiger partial charge >= 0.3 is 0 Å². The molecule has 0 spiro atoms. The highest BCUT2D eigenvalue weighted by molar-refractivity contribution is 5.76. The van der Waals surface area contributed by atoms with Gasteiger partial charge in [-0.25, -0.2) is 0 Å². The standard InChI is InChI=1S/C14H27N3O/c1-17-7-3-12(4-8-17)10-16-13(18)9-14(11-15)5-2-6-14/h12H,2-11,15H2,1H3,(H,16,18). The van der Waals surface area contributed by atoms with Crippen molar-refractivity contribution in [2.45, 2.75) is 38.5 Å². The molecular formula is C14H27N3O. The molecule has 1 heterocycles. The quantitative estimate of drug-likeness (QED) is 0.767. The summed E-state index contributed by atoms with van der Waals surface area (Å²) in [5.74, 6) is 0.874. The van der Waals surface area contributed by atoms with Crippen LogP contribution in [0.4, 0.5) is 0 Å². The number of nitrogens with zero attached hydrogens (tertiary/aromatic N) is 1. The molecule has 0 atom stereocenters. The first-order valence-electron chi connectivity index (χ1n) is 7.29. The molecule has 1 aliphatic carbocycles. The van der Waals surface area contributed by atoms with Gasteiger partial charge in [-0.15, -0.1) is 0 Å². The zero-order valence-electron chi connectivity index (χ0n) is 11.6. The number of piperidine rings is 1. The van der Waals surface area contributed by atoms with Crippen molar-refractivity contribution in [3.05, 3.63) is 0 Å². The maximum absolute atomic E-state index is 11.9. The van der Waals surface area contributed by atoms with Crippen LogP contribution >= 0.6 is 0 Å². The molecule has 0 aromatic carbocycles. The predicted octanol–water partition coefficient (Wildman–Crippen LogP) is 0.964. The van der Waals surface area contributed by atoms with Gasteiger partial charge in [-0.3, -0.25) is 4.79 Å². The molecule has 0 aromatic heterocycles. The highest BCUT2D eigenvalue weighted by atomic mass is 16.1. The van der Waals surface area contributed by atoms with E-state index in [1.165, 1.54) is 19.3 Å². The Morgan fingerprint density at radius 1 is 1.39 bits per heavy atom. The van der Waals surface area contributed by atoms with Crippen molar-refractivity contribution < 1.29 is 4.79 Å². The molecule has 0 aromatic rings. The lowest BCUT2D eigenvalue weighted by Gasteiger charge is -2.40. The fourth-order valence-electron chi connectivity index (χ4n) is 3.06. The molecule has 0 unspecified atom stereocenters. The van der Waals surface area contributed by atoms with Gasteiger partial charge in [-0.1, -0.05) is 6.42 Å². The largest absolute Gasteiger partial charge is 0.356 e. The second kappa shape index (κ2) is 6.02. The van der Waals surface area contributed by atoms with Crippen LogP contribution in [0.1, 0.15) is 38.5 Å². The second-order valence-electron chi connectivity index (χ2n) is 6.29. The smallest absolute Gasteiger partial charge is 0.220 e. The number of nitrogens with one attached hydrogen (secondary N) is 1. The lowest BCUT2D eigenvalue weighted by Crippen LogP contribution is -2.43. The normalized spacial score (nSPS) is 24.6. The highest BCUT2D eigenvalue weighted by Gasteiger charge is 2.37. The van der Waals surface area contributed by atoms with Crippen LogP contribution in [0.25, 0.3) is 0 Å². The summed E-state index contributed by atoms with van der Waals surface area (Å²) in [7, 11) is 2.16. The van der Waals surface area contributed by atoms with Crippen LogP contribution in [0.2, 0.25) is 0 Å². The van der Waals surface area contributed by atoms with E-state index in [4.69, 9.17) is 5.73 Å². The van der Waals surface area contributed by atoms with Crippen LogP contribution in [0.5, 0.6) is 0 Å². The Bertz CT molecular complexity index is 275. The molecule has 104 valence electrons. The molecule has 1 saturated heterocycles. The Kier molecular flexibility index (Phi) is 4.62. The summed E-state index contributed by atoms with van der Waals surface area (Å²) in [5, 5.41) is 3.11. The summed E-state index contributed by atoms with van der Waals surface area (Å²) in [6.07, 6.45) is 6.55. The number of hydrogen-bond acceptors (Lipinski definition) is 3. The zero-order chi connectivity index (χ0) is 13.0. The highest BCUT2D eigenvalue weighted by Crippen LogP contribution is 2.42. The Hall–Kier alpha value is -0.610. The molecule has 1 saturated carbocycles. The van der Waals surface area contributed by atoms with Gasteiger partial charge in [-0.05, 0) is 63.7 Å². The Morgan fingerprint density at radius 3 is 2.56 bits per heavy atom. The van der Waals surface area contributed by atoms with E-state index in [2.05, 4.69) is 17.3 Å². The number of carbonyl (C=O) groups is 1. The van der Waals surface area contributed by atoms with E-state index in [-0.39, 0.29) is 11.3 Å². The topological polar surface area (TPSA) is 58.4 Å². The minimum absolute atomic E-state index is 0.136. The van der Waals surface area contributed by atoms with Crippen molar-refractivity contribution in [3.63, 3.8) is 0 Å². The number of hydrogen-bond donors (Lipinski definition) is 2. The third-order valence-electron chi connectivity index (χ3n) is 4.81. The summed E-state index contributed by atoms with van der Waals surface area (Å²) in [6.45, 7) is 3.84. The van der Waals surface area contributed by atoms with E-state index in [1.54, 1.807) is 0 Å². The first-order chi connectivity index (χ1) is 8.63. The summed E-state index contributed by atoms with van der Waals surface area (Å²) >= 11 is 0. The average molecular weight is 253 g/mol. The van der Waals surface area contributed by atoms with Crippen LogP contribution in [0.15, 0.2) is 0 Å². The summed E-state index contributed by atoms with van der Waals surface area (Å²) in [6, 6.07) is 0. The van der Waals surface area contributed by atoms with Gasteiger partial charge in [0.25, 0.3) is 0 Å². The van der Waals surface area contributed by atoms with Gasteiger partial charge < -0.3 is 16.0 Å². The average Bonchev–Trinajstić information content (AvgIpc) is 2.33. The lowest BCUT2D eigenvalue weighted by molar-refractivity contribution is -0.125. The van der Waals surface area contributed by atoms with E-state index >= 15 is 0 Å². The number of amides is 1. The number of likely N-dealkylation sites (tertiary alicyclic amines) is 1. The molecule has 0 bridgehead atoms. The number of nitrogens with two attached hydrogens (primary N) is 1. The maximum atomic E-state index is 11.9. The third-order valence-corrected chi connectivity index (χ3v) is 4.81. The van der Waals surface area contributed by atoms with Crippen molar-refractivity contribution >= 4 is 5.91 Å². The van der Waals surface area contributed by atoms with Crippen LogP contribution in [0.3, 0.4) is 0 Å². The van der Waals surface area contributed by atoms with E-state index in [9.17, 15) is 4.79 Å². The Morgan fingerprint density at radius 2 is 2.06 bits per heavy atom. The van der Waals surface area contributed by atoms with Gasteiger partial charge in [-0.2, -0.15) is 0 Å². The van der Waals surface area contributed by atoms with Crippen molar-refractivity contribution in [3.8, 4) is 0 Å². The van der Waals surface area contributed by atoms with Gasteiger partial charge in [0.1, 0.15) is 0 Å². The predicted molar refractivity (Wildman–Crippen MR) is 73.2 cm³/mol.